The molecule has 1 heterocycles. The van der Waals surface area contributed by atoms with E-state index in [4.69, 9.17) is 10.2 Å². The summed E-state index contributed by atoms with van der Waals surface area (Å²) in [4.78, 5) is 0. The molecule has 0 bridgehead atoms. The Kier molecular flexibility index (Phi) is 1.96. The van der Waals surface area contributed by atoms with E-state index in [-0.39, 0.29) is 0 Å². The van der Waals surface area contributed by atoms with Crippen LogP contribution in [0.2, 0.25) is 0 Å². The molecular weight excluding hydrogens is 186 g/mol. The van der Waals surface area contributed by atoms with Crippen LogP contribution in [0.5, 0.6) is 0 Å². The fourth-order valence-corrected chi connectivity index (χ4v) is 2.61. The molecule has 1 aromatic rings. The number of rotatable bonds is 3. The second kappa shape index (κ2) is 3.11. The summed E-state index contributed by atoms with van der Waals surface area (Å²) < 4.78 is 5.93. The van der Waals surface area contributed by atoms with Crippen LogP contribution in [0.15, 0.2) is 16.5 Å². The Morgan fingerprint density at radius 2 is 1.87 bits per heavy atom. The van der Waals surface area contributed by atoms with Gasteiger partial charge in [0.1, 0.15) is 11.5 Å². The molecule has 2 nitrogen and oxygen atoms in total. The highest BCUT2D eigenvalue weighted by Crippen LogP contribution is 2.52. The lowest BCUT2D eigenvalue weighted by atomic mass is 10.1. The average Bonchev–Trinajstić information content (AvgIpc) is 3.07. The first-order chi connectivity index (χ1) is 7.16. The van der Waals surface area contributed by atoms with Gasteiger partial charge in [0.15, 0.2) is 0 Å². The third kappa shape index (κ3) is 1.61. The van der Waals surface area contributed by atoms with Gasteiger partial charge in [0.2, 0.25) is 0 Å². The maximum absolute atomic E-state index is 5.93. The van der Waals surface area contributed by atoms with Gasteiger partial charge in [-0.2, -0.15) is 0 Å². The minimum Gasteiger partial charge on any atom is -0.465 e. The van der Waals surface area contributed by atoms with Gasteiger partial charge in [0.05, 0.1) is 0 Å². The third-order valence-electron chi connectivity index (χ3n) is 4.00. The highest BCUT2D eigenvalue weighted by atomic mass is 16.3. The first kappa shape index (κ1) is 9.46. The largest absolute Gasteiger partial charge is 0.465 e. The lowest BCUT2D eigenvalue weighted by Crippen LogP contribution is -2.17. The van der Waals surface area contributed by atoms with Crippen molar-refractivity contribution in [3.8, 4) is 0 Å². The zero-order valence-electron chi connectivity index (χ0n) is 9.44. The summed E-state index contributed by atoms with van der Waals surface area (Å²) in [7, 11) is 0. The van der Waals surface area contributed by atoms with Gasteiger partial charge in [-0.3, -0.25) is 0 Å². The van der Waals surface area contributed by atoms with Gasteiger partial charge in [-0.1, -0.05) is 6.92 Å². The topological polar surface area (TPSA) is 39.2 Å². The van der Waals surface area contributed by atoms with Crippen LogP contribution in [-0.4, -0.2) is 6.04 Å². The van der Waals surface area contributed by atoms with E-state index in [2.05, 4.69) is 26.0 Å². The molecule has 0 aliphatic heterocycles. The Labute approximate surface area is 90.8 Å². The fraction of sp³-hybridized carbons (Fsp3) is 0.692. The quantitative estimate of drug-likeness (QED) is 0.824. The Morgan fingerprint density at radius 3 is 2.33 bits per heavy atom. The molecule has 1 aromatic heterocycles. The van der Waals surface area contributed by atoms with Crippen LogP contribution in [-0.2, 0) is 0 Å². The molecule has 0 radical (unpaired) electrons. The van der Waals surface area contributed by atoms with E-state index < -0.39 is 0 Å². The first-order valence-electron chi connectivity index (χ1n) is 6.02. The van der Waals surface area contributed by atoms with Gasteiger partial charge in [-0.05, 0) is 43.7 Å². The number of nitrogens with two attached hydrogens (primary N) is 1. The van der Waals surface area contributed by atoms with Crippen LogP contribution >= 0.6 is 0 Å². The van der Waals surface area contributed by atoms with E-state index in [1.165, 1.54) is 24.4 Å². The predicted octanol–water partition coefficient (Wildman–Crippen LogP) is 2.85. The molecule has 0 spiro atoms. The zero-order valence-corrected chi connectivity index (χ0v) is 9.44. The van der Waals surface area contributed by atoms with E-state index in [9.17, 15) is 0 Å². The number of furan rings is 1. The lowest BCUT2D eigenvalue weighted by molar-refractivity contribution is 0.452. The monoisotopic (exact) mass is 205 g/mol. The number of hydrogen-bond donors (Lipinski definition) is 1. The smallest absolute Gasteiger partial charge is 0.107 e. The molecule has 2 saturated carbocycles. The van der Waals surface area contributed by atoms with Crippen molar-refractivity contribution in [1.29, 1.82) is 0 Å². The summed E-state index contributed by atoms with van der Waals surface area (Å²) in [5.41, 5.74) is 5.88. The highest BCUT2D eigenvalue weighted by Gasteiger charge is 2.44. The summed E-state index contributed by atoms with van der Waals surface area (Å²) in [6, 6.07) is 4.64. The second-order valence-corrected chi connectivity index (χ2v) is 5.42. The molecule has 2 aliphatic rings. The van der Waals surface area contributed by atoms with Gasteiger partial charge in [-0.15, -0.1) is 0 Å². The van der Waals surface area contributed by atoms with Gasteiger partial charge in [-0.25, -0.2) is 0 Å². The van der Waals surface area contributed by atoms with Gasteiger partial charge >= 0.3 is 0 Å². The van der Waals surface area contributed by atoms with Crippen LogP contribution in [0.25, 0.3) is 0 Å². The van der Waals surface area contributed by atoms with Crippen LogP contribution in [0.3, 0.4) is 0 Å². The molecule has 0 saturated heterocycles. The minimum absolute atomic E-state index is 0.309. The van der Waals surface area contributed by atoms with Gasteiger partial charge in [0.25, 0.3) is 0 Å². The minimum atomic E-state index is 0.309. The summed E-state index contributed by atoms with van der Waals surface area (Å²) in [5.74, 6) is 5.16. The maximum Gasteiger partial charge on any atom is 0.107 e. The molecule has 5 atom stereocenters. The molecule has 2 aliphatic carbocycles. The van der Waals surface area contributed by atoms with E-state index in [0.29, 0.717) is 23.8 Å². The van der Waals surface area contributed by atoms with Gasteiger partial charge in [0, 0.05) is 17.9 Å². The van der Waals surface area contributed by atoms with E-state index in [1.54, 1.807) is 0 Å². The molecule has 0 aromatic carbocycles. The van der Waals surface area contributed by atoms with Crippen LogP contribution in [0, 0.1) is 11.8 Å². The fourth-order valence-electron chi connectivity index (χ4n) is 2.61. The van der Waals surface area contributed by atoms with Crippen molar-refractivity contribution in [2.45, 2.75) is 44.6 Å². The SMILES string of the molecule is CC(N)C1CC1c1ccc(C2CC2C)o1. The molecule has 0 amide bonds. The Balaban J connectivity index is 1.70. The van der Waals surface area contributed by atoms with E-state index >= 15 is 0 Å². The Morgan fingerprint density at radius 1 is 1.27 bits per heavy atom. The van der Waals surface area contributed by atoms with Crippen LogP contribution in [0.4, 0.5) is 0 Å². The Bertz CT molecular complexity index is 368. The van der Waals surface area contributed by atoms with Crippen molar-refractivity contribution in [2.75, 3.05) is 0 Å². The summed E-state index contributed by atoms with van der Waals surface area (Å²) >= 11 is 0. The molecule has 2 fully saturated rings. The molecule has 82 valence electrons. The van der Waals surface area contributed by atoms with Gasteiger partial charge < -0.3 is 10.2 Å². The predicted molar refractivity (Wildman–Crippen MR) is 59.7 cm³/mol. The lowest BCUT2D eigenvalue weighted by Gasteiger charge is -2.01. The average molecular weight is 205 g/mol. The first-order valence-corrected chi connectivity index (χ1v) is 6.02. The summed E-state index contributed by atoms with van der Waals surface area (Å²) in [5, 5.41) is 0. The van der Waals surface area contributed by atoms with Crippen molar-refractivity contribution in [3.05, 3.63) is 23.7 Å². The van der Waals surface area contributed by atoms with E-state index in [1.807, 2.05) is 0 Å². The molecule has 5 unspecified atom stereocenters. The standard InChI is InChI=1S/C13H19NO/c1-7-5-9(7)12-3-4-13(15-12)11-6-10(11)8(2)14/h3-4,7-11H,5-6,14H2,1-2H3. The van der Waals surface area contributed by atoms with Crippen LogP contribution < -0.4 is 5.73 Å². The van der Waals surface area contributed by atoms with Crippen molar-refractivity contribution < 1.29 is 4.42 Å². The summed E-state index contributed by atoms with van der Waals surface area (Å²) in [6.07, 6.45) is 2.51. The van der Waals surface area contributed by atoms with Crippen molar-refractivity contribution in [2.24, 2.45) is 17.6 Å². The molecular formula is C13H19NO. The van der Waals surface area contributed by atoms with Crippen molar-refractivity contribution in [3.63, 3.8) is 0 Å². The number of hydrogen-bond acceptors (Lipinski definition) is 2. The molecule has 2 heteroatoms. The highest BCUT2D eigenvalue weighted by molar-refractivity contribution is 5.23. The Hall–Kier alpha value is -0.760. The van der Waals surface area contributed by atoms with Crippen LogP contribution in [0.1, 0.15) is 50.0 Å². The zero-order chi connectivity index (χ0) is 10.6. The van der Waals surface area contributed by atoms with Crippen molar-refractivity contribution in [1.82, 2.24) is 0 Å². The molecule has 15 heavy (non-hydrogen) atoms. The maximum atomic E-state index is 5.93. The normalized spacial score (nSPS) is 40.2. The molecule has 2 N–H and O–H groups in total. The third-order valence-corrected chi connectivity index (χ3v) is 4.00. The van der Waals surface area contributed by atoms with Crippen molar-refractivity contribution >= 4 is 0 Å². The summed E-state index contributed by atoms with van der Waals surface area (Å²) in [6.45, 7) is 4.38. The molecule has 3 rings (SSSR count). The van der Waals surface area contributed by atoms with E-state index in [0.717, 1.165) is 5.92 Å². The second-order valence-electron chi connectivity index (χ2n) is 5.42.